The fraction of sp³-hybridized carbons (Fsp3) is 0.368. The van der Waals surface area contributed by atoms with Crippen molar-refractivity contribution in [2.45, 2.75) is 46.1 Å². The molecule has 2 rings (SSSR count). The standard InChI is InChI=1S/C19H24O/c1-13-10-11-15(12-14(13)2)18(20)16-8-6-7-9-17(16)19(3,4)5/h6-12,18,20H,1-5H3. The Hall–Kier alpha value is -1.60. The molecule has 1 atom stereocenters. The average molecular weight is 268 g/mol. The highest BCUT2D eigenvalue weighted by Crippen LogP contribution is 2.33. The predicted molar refractivity (Wildman–Crippen MR) is 85.1 cm³/mol. The summed E-state index contributed by atoms with van der Waals surface area (Å²) in [6.45, 7) is 10.7. The van der Waals surface area contributed by atoms with Crippen LogP contribution in [0.2, 0.25) is 0 Å². The number of rotatable bonds is 2. The molecule has 1 heteroatoms. The van der Waals surface area contributed by atoms with E-state index in [2.05, 4.69) is 52.8 Å². The topological polar surface area (TPSA) is 20.2 Å². The van der Waals surface area contributed by atoms with Crippen molar-refractivity contribution in [3.63, 3.8) is 0 Å². The third-order valence-electron chi connectivity index (χ3n) is 3.91. The SMILES string of the molecule is Cc1ccc(C(O)c2ccccc2C(C)(C)C)cc1C. The summed E-state index contributed by atoms with van der Waals surface area (Å²) in [7, 11) is 0. The monoisotopic (exact) mass is 268 g/mol. The maximum atomic E-state index is 10.8. The zero-order chi connectivity index (χ0) is 14.9. The van der Waals surface area contributed by atoms with Crippen LogP contribution in [0.25, 0.3) is 0 Å². The Kier molecular flexibility index (Phi) is 4.01. The Morgan fingerprint density at radius 1 is 0.900 bits per heavy atom. The number of aliphatic hydroxyl groups is 1. The van der Waals surface area contributed by atoms with Gasteiger partial charge in [0.25, 0.3) is 0 Å². The minimum atomic E-state index is -0.565. The first-order valence-electron chi connectivity index (χ1n) is 7.15. The lowest BCUT2D eigenvalue weighted by atomic mass is 9.81. The molecule has 0 aliphatic rings. The molecule has 0 fully saturated rings. The summed E-state index contributed by atoms with van der Waals surface area (Å²) in [5.41, 5.74) is 5.66. The summed E-state index contributed by atoms with van der Waals surface area (Å²) in [4.78, 5) is 0. The molecule has 0 spiro atoms. The molecular weight excluding hydrogens is 244 g/mol. The molecule has 2 aromatic rings. The van der Waals surface area contributed by atoms with E-state index < -0.39 is 6.10 Å². The maximum absolute atomic E-state index is 10.8. The zero-order valence-electron chi connectivity index (χ0n) is 13.1. The van der Waals surface area contributed by atoms with Crippen molar-refractivity contribution in [1.29, 1.82) is 0 Å². The van der Waals surface area contributed by atoms with Crippen molar-refractivity contribution < 1.29 is 5.11 Å². The highest BCUT2D eigenvalue weighted by molar-refractivity contribution is 5.41. The molecule has 0 bridgehead atoms. The first-order chi connectivity index (χ1) is 9.30. The molecule has 0 radical (unpaired) electrons. The van der Waals surface area contributed by atoms with E-state index in [1.54, 1.807) is 0 Å². The smallest absolute Gasteiger partial charge is 0.104 e. The van der Waals surface area contributed by atoms with Gasteiger partial charge in [-0.3, -0.25) is 0 Å². The van der Waals surface area contributed by atoms with E-state index >= 15 is 0 Å². The van der Waals surface area contributed by atoms with Crippen molar-refractivity contribution in [2.24, 2.45) is 0 Å². The lowest BCUT2D eigenvalue weighted by molar-refractivity contribution is 0.217. The van der Waals surface area contributed by atoms with Crippen LogP contribution in [0, 0.1) is 13.8 Å². The highest BCUT2D eigenvalue weighted by Gasteiger charge is 2.22. The van der Waals surface area contributed by atoms with Crippen molar-refractivity contribution in [1.82, 2.24) is 0 Å². The highest BCUT2D eigenvalue weighted by atomic mass is 16.3. The van der Waals surface area contributed by atoms with Crippen LogP contribution in [0.3, 0.4) is 0 Å². The van der Waals surface area contributed by atoms with Crippen LogP contribution in [0.5, 0.6) is 0 Å². The Morgan fingerprint density at radius 3 is 2.15 bits per heavy atom. The van der Waals surface area contributed by atoms with E-state index in [1.165, 1.54) is 16.7 Å². The summed E-state index contributed by atoms with van der Waals surface area (Å²) in [5.74, 6) is 0. The maximum Gasteiger partial charge on any atom is 0.104 e. The normalized spacial score (nSPS) is 13.3. The Morgan fingerprint density at radius 2 is 1.55 bits per heavy atom. The third-order valence-corrected chi connectivity index (χ3v) is 3.91. The summed E-state index contributed by atoms with van der Waals surface area (Å²) >= 11 is 0. The molecular formula is C19H24O. The second-order valence-corrected chi connectivity index (χ2v) is 6.58. The molecule has 106 valence electrons. The predicted octanol–water partition coefficient (Wildman–Crippen LogP) is 4.68. The van der Waals surface area contributed by atoms with Crippen molar-refractivity contribution >= 4 is 0 Å². The molecule has 1 unspecified atom stereocenters. The van der Waals surface area contributed by atoms with Gasteiger partial charge in [-0.2, -0.15) is 0 Å². The largest absolute Gasteiger partial charge is 0.384 e. The average Bonchev–Trinajstić information content (AvgIpc) is 2.40. The summed E-state index contributed by atoms with van der Waals surface area (Å²) in [6.07, 6.45) is -0.565. The summed E-state index contributed by atoms with van der Waals surface area (Å²) < 4.78 is 0. The van der Waals surface area contributed by atoms with E-state index in [-0.39, 0.29) is 5.41 Å². The number of hydrogen-bond acceptors (Lipinski definition) is 1. The van der Waals surface area contributed by atoms with Gasteiger partial charge in [0, 0.05) is 0 Å². The van der Waals surface area contributed by atoms with E-state index in [4.69, 9.17) is 0 Å². The van der Waals surface area contributed by atoms with Gasteiger partial charge in [0.1, 0.15) is 6.10 Å². The molecule has 0 aromatic heterocycles. The number of aryl methyl sites for hydroxylation is 2. The van der Waals surface area contributed by atoms with E-state index in [0.29, 0.717) is 0 Å². The Bertz CT molecular complexity index is 605. The molecule has 0 saturated heterocycles. The summed E-state index contributed by atoms with van der Waals surface area (Å²) in [5, 5.41) is 10.8. The minimum absolute atomic E-state index is 0.0251. The van der Waals surface area contributed by atoms with E-state index in [9.17, 15) is 5.11 Å². The number of aliphatic hydroxyl groups excluding tert-OH is 1. The molecule has 2 aromatic carbocycles. The number of hydrogen-bond donors (Lipinski definition) is 1. The molecule has 0 saturated carbocycles. The van der Waals surface area contributed by atoms with Gasteiger partial charge in [-0.1, -0.05) is 63.2 Å². The van der Waals surface area contributed by atoms with Gasteiger partial charge in [0.15, 0.2) is 0 Å². The van der Waals surface area contributed by atoms with Crippen LogP contribution in [0.4, 0.5) is 0 Å². The molecule has 0 amide bonds. The zero-order valence-corrected chi connectivity index (χ0v) is 13.1. The van der Waals surface area contributed by atoms with Gasteiger partial charge in [-0.05, 0) is 47.1 Å². The fourth-order valence-corrected chi connectivity index (χ4v) is 2.53. The molecule has 0 heterocycles. The molecule has 20 heavy (non-hydrogen) atoms. The van der Waals surface area contributed by atoms with E-state index in [1.807, 2.05) is 24.3 Å². The van der Waals surface area contributed by atoms with Crippen LogP contribution in [0.1, 0.15) is 54.7 Å². The fourth-order valence-electron chi connectivity index (χ4n) is 2.53. The third kappa shape index (κ3) is 2.94. The second-order valence-electron chi connectivity index (χ2n) is 6.58. The van der Waals surface area contributed by atoms with Crippen LogP contribution in [-0.2, 0) is 5.41 Å². The van der Waals surface area contributed by atoms with Crippen molar-refractivity contribution in [2.75, 3.05) is 0 Å². The minimum Gasteiger partial charge on any atom is -0.384 e. The quantitative estimate of drug-likeness (QED) is 0.838. The van der Waals surface area contributed by atoms with Gasteiger partial charge in [0.05, 0.1) is 0 Å². The van der Waals surface area contributed by atoms with Gasteiger partial charge in [-0.15, -0.1) is 0 Å². The Labute approximate surface area is 122 Å². The lowest BCUT2D eigenvalue weighted by Crippen LogP contribution is -2.16. The Balaban J connectivity index is 2.48. The van der Waals surface area contributed by atoms with E-state index in [0.717, 1.165) is 11.1 Å². The number of benzene rings is 2. The van der Waals surface area contributed by atoms with Crippen LogP contribution in [-0.4, -0.2) is 5.11 Å². The van der Waals surface area contributed by atoms with Gasteiger partial charge in [0.2, 0.25) is 0 Å². The first kappa shape index (κ1) is 14.8. The molecule has 0 aliphatic heterocycles. The van der Waals surface area contributed by atoms with Crippen molar-refractivity contribution in [3.8, 4) is 0 Å². The van der Waals surface area contributed by atoms with Crippen LogP contribution in [0.15, 0.2) is 42.5 Å². The van der Waals surface area contributed by atoms with Crippen LogP contribution < -0.4 is 0 Å². The van der Waals surface area contributed by atoms with Gasteiger partial charge >= 0.3 is 0 Å². The first-order valence-corrected chi connectivity index (χ1v) is 7.15. The molecule has 1 N–H and O–H groups in total. The van der Waals surface area contributed by atoms with Gasteiger partial charge < -0.3 is 5.11 Å². The van der Waals surface area contributed by atoms with Crippen LogP contribution >= 0.6 is 0 Å². The van der Waals surface area contributed by atoms with Gasteiger partial charge in [-0.25, -0.2) is 0 Å². The molecule has 1 nitrogen and oxygen atoms in total. The second kappa shape index (κ2) is 5.41. The summed E-state index contributed by atoms with van der Waals surface area (Å²) in [6, 6.07) is 14.4. The van der Waals surface area contributed by atoms with Crippen molar-refractivity contribution in [3.05, 3.63) is 70.3 Å². The lowest BCUT2D eigenvalue weighted by Gasteiger charge is -2.25. The molecule has 0 aliphatic carbocycles.